The van der Waals surface area contributed by atoms with E-state index in [0.29, 0.717) is 6.54 Å². The lowest BCUT2D eigenvalue weighted by molar-refractivity contribution is -0.149. The van der Waals surface area contributed by atoms with Crippen LogP contribution < -0.4 is 5.32 Å². The highest BCUT2D eigenvalue weighted by molar-refractivity contribution is 5.78. The maximum absolute atomic E-state index is 11.8. The molecule has 2 amide bonds. The second-order valence-corrected chi connectivity index (χ2v) is 5.35. The van der Waals surface area contributed by atoms with Crippen LogP contribution >= 0.6 is 0 Å². The van der Waals surface area contributed by atoms with Gasteiger partial charge in [0.2, 0.25) is 5.91 Å². The Bertz CT molecular complexity index is 401. The average molecular weight is 316 g/mol. The third kappa shape index (κ3) is 6.75. The number of nitrogens with zero attached hydrogens (tertiary/aromatic N) is 1. The fourth-order valence-corrected chi connectivity index (χ4v) is 2.10. The van der Waals surface area contributed by atoms with Crippen LogP contribution in [-0.4, -0.2) is 66.4 Å². The molecule has 0 aromatic rings. The maximum atomic E-state index is 11.8. The van der Waals surface area contributed by atoms with Crippen LogP contribution in [0.25, 0.3) is 0 Å². The molecule has 22 heavy (non-hydrogen) atoms. The molecule has 1 saturated heterocycles. The highest BCUT2D eigenvalue weighted by atomic mass is 16.5. The zero-order valence-electron chi connectivity index (χ0n) is 13.0. The van der Waals surface area contributed by atoms with Gasteiger partial charge in [-0.1, -0.05) is 13.3 Å². The predicted molar refractivity (Wildman–Crippen MR) is 77.4 cm³/mol. The van der Waals surface area contributed by atoms with E-state index in [1.807, 2.05) is 13.8 Å². The number of carboxylic acid groups (broad SMARTS) is 1. The van der Waals surface area contributed by atoms with E-state index in [0.717, 1.165) is 12.8 Å². The van der Waals surface area contributed by atoms with E-state index in [1.54, 1.807) is 0 Å². The number of hydrogen-bond donors (Lipinski definition) is 2. The number of nitrogens with one attached hydrogen (secondary N) is 1. The highest BCUT2D eigenvalue weighted by Gasteiger charge is 2.27. The number of aliphatic carboxylic acids is 1. The molecule has 0 aromatic heterocycles. The summed E-state index contributed by atoms with van der Waals surface area (Å²) in [6.07, 6.45) is 0.595. The van der Waals surface area contributed by atoms with Crippen molar-refractivity contribution >= 4 is 18.0 Å². The van der Waals surface area contributed by atoms with Crippen molar-refractivity contribution in [2.24, 2.45) is 0 Å². The molecule has 0 aliphatic carbocycles. The number of carbonyl (C=O) groups excluding carboxylic acids is 2. The molecule has 1 aliphatic heterocycles. The summed E-state index contributed by atoms with van der Waals surface area (Å²) in [5.41, 5.74) is 0. The molecule has 0 bridgehead atoms. The number of alkyl carbamates (subject to hydrolysis) is 1. The molecule has 1 aliphatic rings. The first-order chi connectivity index (χ1) is 10.4. The van der Waals surface area contributed by atoms with Gasteiger partial charge in [-0.2, -0.15) is 0 Å². The number of amides is 2. The fourth-order valence-electron chi connectivity index (χ4n) is 2.10. The van der Waals surface area contributed by atoms with Gasteiger partial charge < -0.3 is 24.8 Å². The monoisotopic (exact) mass is 316 g/mol. The molecule has 0 spiro atoms. The van der Waals surface area contributed by atoms with E-state index in [-0.39, 0.29) is 38.2 Å². The van der Waals surface area contributed by atoms with Crippen LogP contribution in [0.1, 0.15) is 33.1 Å². The van der Waals surface area contributed by atoms with Crippen molar-refractivity contribution < 1.29 is 29.0 Å². The van der Waals surface area contributed by atoms with Crippen LogP contribution in [-0.2, 0) is 19.1 Å². The third-order valence-electron chi connectivity index (χ3n) is 3.24. The molecule has 2 atom stereocenters. The molecule has 1 fully saturated rings. The van der Waals surface area contributed by atoms with Crippen molar-refractivity contribution in [1.82, 2.24) is 10.2 Å². The molecule has 1 unspecified atom stereocenters. The van der Waals surface area contributed by atoms with Crippen molar-refractivity contribution in [1.29, 1.82) is 0 Å². The first-order valence-electron chi connectivity index (χ1n) is 7.46. The van der Waals surface area contributed by atoms with Crippen LogP contribution in [0.15, 0.2) is 0 Å². The third-order valence-corrected chi connectivity index (χ3v) is 3.24. The first-order valence-corrected chi connectivity index (χ1v) is 7.46. The number of hydrogen-bond acceptors (Lipinski definition) is 5. The summed E-state index contributed by atoms with van der Waals surface area (Å²) in [5.74, 6) is -1.26. The van der Waals surface area contributed by atoms with Crippen molar-refractivity contribution in [2.75, 3.05) is 26.3 Å². The van der Waals surface area contributed by atoms with Crippen molar-refractivity contribution in [2.45, 2.75) is 45.3 Å². The topological polar surface area (TPSA) is 105 Å². The number of carbonyl (C=O) groups is 3. The molecule has 2 N–H and O–H groups in total. The first kappa shape index (κ1) is 18.2. The Balaban J connectivity index is 2.54. The Labute approximate surface area is 129 Å². The SMILES string of the molecule is CCCCOC(=O)NC(CC(=O)O)CN1C[C@H](C)OCC1=O. The lowest BCUT2D eigenvalue weighted by atomic mass is 10.1. The Hall–Kier alpha value is -1.83. The second kappa shape index (κ2) is 9.24. The molecule has 1 heterocycles. The highest BCUT2D eigenvalue weighted by Crippen LogP contribution is 2.08. The minimum Gasteiger partial charge on any atom is -0.481 e. The van der Waals surface area contributed by atoms with E-state index in [9.17, 15) is 14.4 Å². The zero-order chi connectivity index (χ0) is 16.5. The summed E-state index contributed by atoms with van der Waals surface area (Å²) in [4.78, 5) is 35.8. The van der Waals surface area contributed by atoms with Crippen LogP contribution in [0.5, 0.6) is 0 Å². The molecular formula is C14H24N2O6. The van der Waals surface area contributed by atoms with E-state index in [4.69, 9.17) is 14.6 Å². The average Bonchev–Trinajstić information content (AvgIpc) is 2.42. The number of morpholine rings is 1. The van der Waals surface area contributed by atoms with Gasteiger partial charge in [0, 0.05) is 13.1 Å². The van der Waals surface area contributed by atoms with Crippen LogP contribution in [0.2, 0.25) is 0 Å². The van der Waals surface area contributed by atoms with Gasteiger partial charge in [-0.25, -0.2) is 4.79 Å². The number of ether oxygens (including phenoxy) is 2. The largest absolute Gasteiger partial charge is 0.481 e. The maximum Gasteiger partial charge on any atom is 0.407 e. The molecule has 0 radical (unpaired) electrons. The summed E-state index contributed by atoms with van der Waals surface area (Å²) in [7, 11) is 0. The quantitative estimate of drug-likeness (QED) is 0.635. The minimum absolute atomic E-state index is 0.0259. The zero-order valence-corrected chi connectivity index (χ0v) is 13.0. The minimum atomic E-state index is -1.05. The smallest absolute Gasteiger partial charge is 0.407 e. The van der Waals surface area contributed by atoms with Gasteiger partial charge in [0.25, 0.3) is 0 Å². The number of carboxylic acids is 1. The Morgan fingerprint density at radius 3 is 2.91 bits per heavy atom. The summed E-state index contributed by atoms with van der Waals surface area (Å²) < 4.78 is 10.2. The lowest BCUT2D eigenvalue weighted by Gasteiger charge is -2.33. The van der Waals surface area contributed by atoms with Crippen LogP contribution in [0.3, 0.4) is 0 Å². The summed E-state index contributed by atoms with van der Waals surface area (Å²) in [6.45, 7) is 4.57. The Morgan fingerprint density at radius 1 is 1.55 bits per heavy atom. The van der Waals surface area contributed by atoms with Crippen molar-refractivity contribution in [3.05, 3.63) is 0 Å². The molecule has 126 valence electrons. The van der Waals surface area contributed by atoms with Gasteiger partial charge in [-0.3, -0.25) is 9.59 Å². The molecular weight excluding hydrogens is 292 g/mol. The van der Waals surface area contributed by atoms with Crippen molar-refractivity contribution in [3.8, 4) is 0 Å². The van der Waals surface area contributed by atoms with E-state index in [1.165, 1.54) is 4.90 Å². The second-order valence-electron chi connectivity index (χ2n) is 5.35. The van der Waals surface area contributed by atoms with Gasteiger partial charge in [0.1, 0.15) is 6.61 Å². The normalized spacial score (nSPS) is 19.6. The number of rotatable bonds is 8. The van der Waals surface area contributed by atoms with Gasteiger partial charge in [0.15, 0.2) is 0 Å². The summed E-state index contributed by atoms with van der Waals surface area (Å²) in [5, 5.41) is 11.5. The molecule has 0 aromatic carbocycles. The van der Waals surface area contributed by atoms with Gasteiger partial charge in [0.05, 0.1) is 25.2 Å². The van der Waals surface area contributed by atoms with Gasteiger partial charge in [-0.05, 0) is 13.3 Å². The van der Waals surface area contributed by atoms with Crippen LogP contribution in [0.4, 0.5) is 4.79 Å². The molecule has 8 nitrogen and oxygen atoms in total. The van der Waals surface area contributed by atoms with E-state index >= 15 is 0 Å². The van der Waals surface area contributed by atoms with E-state index < -0.39 is 18.1 Å². The molecule has 8 heteroatoms. The number of unbranched alkanes of at least 4 members (excludes halogenated alkanes) is 1. The van der Waals surface area contributed by atoms with E-state index in [2.05, 4.69) is 5.32 Å². The summed E-state index contributed by atoms with van der Waals surface area (Å²) in [6, 6.07) is -0.694. The Morgan fingerprint density at radius 2 is 2.27 bits per heavy atom. The van der Waals surface area contributed by atoms with Crippen LogP contribution in [0, 0.1) is 0 Å². The fraction of sp³-hybridized carbons (Fsp3) is 0.786. The van der Waals surface area contributed by atoms with Gasteiger partial charge in [-0.15, -0.1) is 0 Å². The molecule has 1 rings (SSSR count). The Kier molecular flexibility index (Phi) is 7.65. The van der Waals surface area contributed by atoms with Crippen molar-refractivity contribution in [3.63, 3.8) is 0 Å². The molecule has 0 saturated carbocycles. The van der Waals surface area contributed by atoms with Gasteiger partial charge >= 0.3 is 12.1 Å². The lowest BCUT2D eigenvalue weighted by Crippen LogP contribution is -2.52. The summed E-state index contributed by atoms with van der Waals surface area (Å²) >= 11 is 0. The predicted octanol–water partition coefficient (Wildman–Crippen LogP) is 0.603. The standard InChI is InChI=1S/C14H24N2O6/c1-3-4-5-21-14(20)15-11(6-13(18)19)8-16-7-10(2)22-9-12(16)17/h10-11H,3-9H2,1-2H3,(H,15,20)(H,18,19)/t10-,11?/m0/s1.